The molecule has 3 N–H and O–H groups in total. The van der Waals surface area contributed by atoms with Crippen LogP contribution in [0, 0.1) is 0 Å². The molecule has 0 spiro atoms. The van der Waals surface area contributed by atoms with Gasteiger partial charge >= 0.3 is 0 Å². The number of hydrogen-bond acceptors (Lipinski definition) is 4. The number of amides is 1. The number of anilines is 1. The summed E-state index contributed by atoms with van der Waals surface area (Å²) in [6.07, 6.45) is 2.03. The normalized spacial score (nSPS) is 22.5. The first-order valence-electron chi connectivity index (χ1n) is 5.30. The number of nitrogens with zero attached hydrogens (tertiary/aromatic N) is 1. The summed E-state index contributed by atoms with van der Waals surface area (Å²) < 4.78 is 22.7. The molecule has 94 valence electrons. The van der Waals surface area contributed by atoms with Crippen molar-refractivity contribution in [3.05, 3.63) is 18.0 Å². The van der Waals surface area contributed by atoms with E-state index in [0.29, 0.717) is 17.8 Å². The van der Waals surface area contributed by atoms with E-state index in [9.17, 15) is 13.2 Å². The summed E-state index contributed by atoms with van der Waals surface area (Å²) in [4.78, 5) is 16.2. The Morgan fingerprint density at radius 2 is 2.29 bits per heavy atom. The molecule has 2 rings (SSSR count). The van der Waals surface area contributed by atoms with Crippen LogP contribution in [-0.2, 0) is 9.84 Å². The minimum absolute atomic E-state index is 0.0471. The molecular formula is C10H15N3O3S. The molecule has 1 atom stereocenters. The van der Waals surface area contributed by atoms with Gasteiger partial charge in [-0.05, 0) is 12.5 Å². The molecule has 1 amide bonds. The average Bonchev–Trinajstić information content (AvgIpc) is 2.82. The molecular weight excluding hydrogens is 242 g/mol. The lowest BCUT2D eigenvalue weighted by Gasteiger charge is -2.22. The van der Waals surface area contributed by atoms with Gasteiger partial charge in [-0.3, -0.25) is 4.79 Å². The number of hydrogen-bond donors (Lipinski definition) is 2. The Labute approximate surface area is 99.7 Å². The molecule has 0 aliphatic carbocycles. The van der Waals surface area contributed by atoms with Gasteiger partial charge in [-0.1, -0.05) is 0 Å². The van der Waals surface area contributed by atoms with Crippen molar-refractivity contribution in [2.45, 2.75) is 12.5 Å². The van der Waals surface area contributed by atoms with Crippen molar-refractivity contribution in [2.75, 3.05) is 24.3 Å². The monoisotopic (exact) mass is 257 g/mol. The first-order valence-corrected chi connectivity index (χ1v) is 7.13. The first-order chi connectivity index (χ1) is 7.89. The standard InChI is InChI=1S/C10H15N3O3S/c1-13(8-2-3-17(15,16)6-8)10(14)9-4-7(11)5-12-9/h4-5,8,12H,2-3,6,11H2,1H3. The van der Waals surface area contributed by atoms with Gasteiger partial charge in [-0.15, -0.1) is 0 Å². The van der Waals surface area contributed by atoms with E-state index < -0.39 is 9.84 Å². The Morgan fingerprint density at radius 3 is 2.76 bits per heavy atom. The quantitative estimate of drug-likeness (QED) is 0.770. The van der Waals surface area contributed by atoms with Gasteiger partial charge < -0.3 is 15.6 Å². The average molecular weight is 257 g/mol. The molecule has 17 heavy (non-hydrogen) atoms. The number of carbonyl (C=O) groups is 1. The highest BCUT2D eigenvalue weighted by Gasteiger charge is 2.33. The number of nitrogen functional groups attached to an aromatic ring is 1. The Kier molecular flexibility index (Phi) is 2.86. The second-order valence-corrected chi connectivity index (χ2v) is 6.55. The number of sulfone groups is 1. The number of H-pyrrole nitrogens is 1. The Hall–Kier alpha value is -1.50. The van der Waals surface area contributed by atoms with Crippen molar-refractivity contribution >= 4 is 21.4 Å². The molecule has 0 bridgehead atoms. The molecule has 6 nitrogen and oxygen atoms in total. The molecule has 1 fully saturated rings. The molecule has 7 heteroatoms. The van der Waals surface area contributed by atoms with Crippen LogP contribution in [0.5, 0.6) is 0 Å². The van der Waals surface area contributed by atoms with Gasteiger partial charge in [0.1, 0.15) is 5.69 Å². The van der Waals surface area contributed by atoms with E-state index in [0.717, 1.165) is 0 Å². The molecule has 1 aliphatic heterocycles. The smallest absolute Gasteiger partial charge is 0.270 e. The molecule has 1 aromatic heterocycles. The van der Waals surface area contributed by atoms with E-state index in [2.05, 4.69) is 4.98 Å². The van der Waals surface area contributed by atoms with Gasteiger partial charge in [-0.25, -0.2) is 8.42 Å². The number of carbonyl (C=O) groups excluding carboxylic acids is 1. The third-order valence-corrected chi connectivity index (χ3v) is 4.76. The Balaban J connectivity index is 2.11. The van der Waals surface area contributed by atoms with E-state index in [4.69, 9.17) is 5.73 Å². The van der Waals surface area contributed by atoms with Crippen LogP contribution in [0.2, 0.25) is 0 Å². The van der Waals surface area contributed by atoms with E-state index >= 15 is 0 Å². The maximum atomic E-state index is 12.0. The van der Waals surface area contributed by atoms with Gasteiger partial charge in [0.2, 0.25) is 0 Å². The van der Waals surface area contributed by atoms with E-state index in [1.54, 1.807) is 13.1 Å². The maximum Gasteiger partial charge on any atom is 0.270 e. The van der Waals surface area contributed by atoms with Crippen LogP contribution in [0.3, 0.4) is 0 Å². The van der Waals surface area contributed by atoms with E-state index in [1.165, 1.54) is 11.1 Å². The van der Waals surface area contributed by atoms with Crippen LogP contribution in [-0.4, -0.2) is 48.8 Å². The van der Waals surface area contributed by atoms with Crippen molar-refractivity contribution in [1.29, 1.82) is 0 Å². The summed E-state index contributed by atoms with van der Waals surface area (Å²) in [7, 11) is -1.36. The molecule has 1 aromatic rings. The number of aromatic nitrogens is 1. The van der Waals surface area contributed by atoms with Gasteiger partial charge in [0.05, 0.1) is 11.5 Å². The Morgan fingerprint density at radius 1 is 1.59 bits per heavy atom. The SMILES string of the molecule is CN(C(=O)c1cc(N)c[nH]1)C1CCS(=O)(=O)C1. The third-order valence-electron chi connectivity index (χ3n) is 3.01. The van der Waals surface area contributed by atoms with Crippen molar-refractivity contribution in [1.82, 2.24) is 9.88 Å². The molecule has 0 aromatic carbocycles. The maximum absolute atomic E-state index is 12.0. The molecule has 1 saturated heterocycles. The summed E-state index contributed by atoms with van der Waals surface area (Å²) >= 11 is 0. The van der Waals surface area contributed by atoms with Gasteiger partial charge in [0, 0.05) is 25.0 Å². The fourth-order valence-electron chi connectivity index (χ4n) is 1.97. The van der Waals surface area contributed by atoms with Gasteiger partial charge in [0.25, 0.3) is 5.91 Å². The Bertz CT molecular complexity index is 535. The zero-order valence-electron chi connectivity index (χ0n) is 9.51. The van der Waals surface area contributed by atoms with Crippen LogP contribution >= 0.6 is 0 Å². The van der Waals surface area contributed by atoms with Crippen molar-refractivity contribution in [3.63, 3.8) is 0 Å². The lowest BCUT2D eigenvalue weighted by molar-refractivity contribution is 0.0742. The largest absolute Gasteiger partial charge is 0.397 e. The summed E-state index contributed by atoms with van der Waals surface area (Å²) in [5.74, 6) is -0.0306. The zero-order chi connectivity index (χ0) is 12.6. The minimum atomic E-state index is -2.98. The topological polar surface area (TPSA) is 96.3 Å². The first kappa shape index (κ1) is 12.0. The summed E-state index contributed by atoms with van der Waals surface area (Å²) in [5, 5.41) is 0. The fourth-order valence-corrected chi connectivity index (χ4v) is 3.75. The molecule has 0 saturated carbocycles. The lowest BCUT2D eigenvalue weighted by Crippen LogP contribution is -2.37. The highest BCUT2D eigenvalue weighted by molar-refractivity contribution is 7.91. The number of nitrogens with two attached hydrogens (primary N) is 1. The van der Waals surface area contributed by atoms with Gasteiger partial charge in [-0.2, -0.15) is 0 Å². The van der Waals surface area contributed by atoms with Crippen LogP contribution in [0.25, 0.3) is 0 Å². The summed E-state index contributed by atoms with van der Waals surface area (Å²) in [6, 6.07) is 1.31. The van der Waals surface area contributed by atoms with E-state index in [-0.39, 0.29) is 23.5 Å². The highest BCUT2D eigenvalue weighted by atomic mass is 32.2. The van der Waals surface area contributed by atoms with Crippen molar-refractivity contribution in [3.8, 4) is 0 Å². The zero-order valence-corrected chi connectivity index (χ0v) is 10.3. The molecule has 2 heterocycles. The summed E-state index contributed by atoms with van der Waals surface area (Å²) in [5.41, 5.74) is 6.39. The number of rotatable bonds is 2. The lowest BCUT2D eigenvalue weighted by atomic mass is 10.2. The number of nitrogens with one attached hydrogen (secondary N) is 1. The van der Waals surface area contributed by atoms with Gasteiger partial charge in [0.15, 0.2) is 9.84 Å². The van der Waals surface area contributed by atoms with Crippen LogP contribution < -0.4 is 5.73 Å². The second kappa shape index (κ2) is 4.06. The predicted molar refractivity (Wildman–Crippen MR) is 64.4 cm³/mol. The fraction of sp³-hybridized carbons (Fsp3) is 0.500. The van der Waals surface area contributed by atoms with Crippen molar-refractivity contribution < 1.29 is 13.2 Å². The summed E-state index contributed by atoms with van der Waals surface area (Å²) in [6.45, 7) is 0. The van der Waals surface area contributed by atoms with E-state index in [1.807, 2.05) is 0 Å². The molecule has 0 radical (unpaired) electrons. The van der Waals surface area contributed by atoms with Crippen LogP contribution in [0.4, 0.5) is 5.69 Å². The second-order valence-electron chi connectivity index (χ2n) is 4.32. The van der Waals surface area contributed by atoms with Crippen molar-refractivity contribution in [2.24, 2.45) is 0 Å². The molecule has 1 unspecified atom stereocenters. The third kappa shape index (κ3) is 2.44. The van der Waals surface area contributed by atoms with Crippen LogP contribution in [0.15, 0.2) is 12.3 Å². The minimum Gasteiger partial charge on any atom is -0.397 e. The highest BCUT2D eigenvalue weighted by Crippen LogP contribution is 2.18. The predicted octanol–water partition coefficient (Wildman–Crippen LogP) is -0.144. The number of aromatic amines is 1. The van der Waals surface area contributed by atoms with Crippen LogP contribution in [0.1, 0.15) is 16.9 Å². The molecule has 1 aliphatic rings.